The second kappa shape index (κ2) is 8.87. The van der Waals surface area contributed by atoms with E-state index in [2.05, 4.69) is 37.5 Å². The molecule has 0 saturated carbocycles. The van der Waals surface area contributed by atoms with Crippen molar-refractivity contribution in [2.75, 3.05) is 7.11 Å². The Morgan fingerprint density at radius 3 is 2.50 bits per heavy atom. The first-order valence-corrected chi connectivity index (χ1v) is 9.18. The highest BCUT2D eigenvalue weighted by Crippen LogP contribution is 2.29. The van der Waals surface area contributed by atoms with Crippen LogP contribution in [0.25, 0.3) is 0 Å². The Bertz CT molecular complexity index is 847. The smallest absolute Gasteiger partial charge is 0.161 e. The number of nitrogens with one attached hydrogen (secondary N) is 2. The fourth-order valence-electron chi connectivity index (χ4n) is 2.58. The van der Waals surface area contributed by atoms with Crippen LogP contribution in [-0.4, -0.2) is 17.3 Å². The SMILES string of the molecule is COc1cc(CNCc2cn[nH]c2C)ccc1OCc1ccc(Br)cc1. The zero-order valence-corrected chi connectivity index (χ0v) is 16.5. The van der Waals surface area contributed by atoms with Crippen molar-refractivity contribution in [3.63, 3.8) is 0 Å². The van der Waals surface area contributed by atoms with Gasteiger partial charge in [-0.05, 0) is 42.3 Å². The van der Waals surface area contributed by atoms with Crippen LogP contribution in [0.3, 0.4) is 0 Å². The van der Waals surface area contributed by atoms with Crippen LogP contribution in [0, 0.1) is 6.92 Å². The van der Waals surface area contributed by atoms with Crippen molar-refractivity contribution >= 4 is 15.9 Å². The monoisotopic (exact) mass is 415 g/mol. The third-order valence-electron chi connectivity index (χ3n) is 4.11. The molecular weight excluding hydrogens is 394 g/mol. The lowest BCUT2D eigenvalue weighted by molar-refractivity contribution is 0.284. The molecule has 0 saturated heterocycles. The molecule has 0 aliphatic heterocycles. The Labute approximate surface area is 161 Å². The van der Waals surface area contributed by atoms with Crippen LogP contribution in [0.2, 0.25) is 0 Å². The first-order chi connectivity index (χ1) is 12.7. The van der Waals surface area contributed by atoms with Crippen LogP contribution in [-0.2, 0) is 19.7 Å². The molecule has 3 aromatic rings. The van der Waals surface area contributed by atoms with E-state index in [1.165, 1.54) is 5.56 Å². The molecule has 26 heavy (non-hydrogen) atoms. The summed E-state index contributed by atoms with van der Waals surface area (Å²) in [6, 6.07) is 14.1. The molecule has 0 atom stereocenters. The number of rotatable bonds is 8. The van der Waals surface area contributed by atoms with Crippen LogP contribution in [0.4, 0.5) is 0 Å². The molecule has 0 bridgehead atoms. The van der Waals surface area contributed by atoms with Gasteiger partial charge in [0.05, 0.1) is 13.3 Å². The summed E-state index contributed by atoms with van der Waals surface area (Å²) in [6.45, 7) is 4.03. The molecule has 0 unspecified atom stereocenters. The normalized spacial score (nSPS) is 10.7. The molecule has 2 aromatic carbocycles. The molecule has 3 rings (SSSR count). The lowest BCUT2D eigenvalue weighted by atomic mass is 10.2. The summed E-state index contributed by atoms with van der Waals surface area (Å²) < 4.78 is 12.5. The van der Waals surface area contributed by atoms with Gasteiger partial charge in [-0.2, -0.15) is 5.10 Å². The maximum Gasteiger partial charge on any atom is 0.161 e. The minimum atomic E-state index is 0.501. The number of aromatic amines is 1. The van der Waals surface area contributed by atoms with Crippen molar-refractivity contribution in [1.82, 2.24) is 15.5 Å². The third kappa shape index (κ3) is 4.86. The molecule has 0 amide bonds. The molecular formula is C20H22BrN3O2. The molecule has 1 aromatic heterocycles. The highest BCUT2D eigenvalue weighted by molar-refractivity contribution is 9.10. The zero-order chi connectivity index (χ0) is 18.4. The molecule has 6 heteroatoms. The summed E-state index contributed by atoms with van der Waals surface area (Å²) in [5.74, 6) is 1.48. The summed E-state index contributed by atoms with van der Waals surface area (Å²) in [7, 11) is 1.66. The van der Waals surface area contributed by atoms with E-state index in [4.69, 9.17) is 9.47 Å². The van der Waals surface area contributed by atoms with Gasteiger partial charge in [0.25, 0.3) is 0 Å². The van der Waals surface area contributed by atoms with Crippen molar-refractivity contribution < 1.29 is 9.47 Å². The van der Waals surface area contributed by atoms with Crippen molar-refractivity contribution in [3.05, 3.63) is 75.5 Å². The summed E-state index contributed by atoms with van der Waals surface area (Å²) in [4.78, 5) is 0. The van der Waals surface area contributed by atoms with E-state index in [0.717, 1.165) is 45.9 Å². The molecule has 0 radical (unpaired) electrons. The Hall–Kier alpha value is -2.31. The van der Waals surface area contributed by atoms with Gasteiger partial charge in [-0.25, -0.2) is 0 Å². The first kappa shape index (κ1) is 18.5. The third-order valence-corrected chi connectivity index (χ3v) is 4.64. The number of methoxy groups -OCH3 is 1. The van der Waals surface area contributed by atoms with E-state index in [0.29, 0.717) is 6.61 Å². The lowest BCUT2D eigenvalue weighted by Crippen LogP contribution is -2.13. The van der Waals surface area contributed by atoms with E-state index in [9.17, 15) is 0 Å². The number of H-pyrrole nitrogens is 1. The minimum Gasteiger partial charge on any atom is -0.493 e. The topological polar surface area (TPSA) is 59.2 Å². The average molecular weight is 416 g/mol. The summed E-state index contributed by atoms with van der Waals surface area (Å²) in [5, 5.41) is 10.4. The van der Waals surface area contributed by atoms with Crippen LogP contribution in [0.5, 0.6) is 11.5 Å². The number of aryl methyl sites for hydroxylation is 1. The van der Waals surface area contributed by atoms with E-state index in [1.54, 1.807) is 7.11 Å². The number of nitrogens with zero attached hydrogens (tertiary/aromatic N) is 1. The minimum absolute atomic E-state index is 0.501. The van der Waals surface area contributed by atoms with Gasteiger partial charge in [0.1, 0.15) is 6.61 Å². The van der Waals surface area contributed by atoms with Crippen LogP contribution in [0.1, 0.15) is 22.4 Å². The lowest BCUT2D eigenvalue weighted by Gasteiger charge is -2.13. The van der Waals surface area contributed by atoms with Crippen molar-refractivity contribution in [2.45, 2.75) is 26.6 Å². The standard InChI is InChI=1S/C20H22BrN3O2/c1-14-17(12-23-24-14)11-22-10-16-5-8-19(20(9-16)25-2)26-13-15-3-6-18(21)7-4-15/h3-9,12,22H,10-11,13H2,1-2H3,(H,23,24). The van der Waals surface area contributed by atoms with Crippen molar-refractivity contribution in [1.29, 1.82) is 0 Å². The van der Waals surface area contributed by atoms with Crippen molar-refractivity contribution in [2.24, 2.45) is 0 Å². The molecule has 0 fully saturated rings. The second-order valence-corrected chi connectivity index (χ2v) is 6.94. The van der Waals surface area contributed by atoms with Gasteiger partial charge in [-0.15, -0.1) is 0 Å². The van der Waals surface area contributed by atoms with Gasteiger partial charge in [0.15, 0.2) is 11.5 Å². The van der Waals surface area contributed by atoms with Gasteiger partial charge in [0, 0.05) is 28.8 Å². The van der Waals surface area contributed by atoms with Gasteiger partial charge in [-0.1, -0.05) is 34.1 Å². The number of aromatic nitrogens is 2. The van der Waals surface area contributed by atoms with E-state index in [1.807, 2.05) is 49.5 Å². The predicted octanol–water partition coefficient (Wildman–Crippen LogP) is 4.36. The van der Waals surface area contributed by atoms with Crippen molar-refractivity contribution in [3.8, 4) is 11.5 Å². The number of benzene rings is 2. The van der Waals surface area contributed by atoms with Crippen LogP contribution < -0.4 is 14.8 Å². The van der Waals surface area contributed by atoms with Crippen LogP contribution in [0.15, 0.2) is 53.1 Å². The first-order valence-electron chi connectivity index (χ1n) is 8.39. The Morgan fingerprint density at radius 1 is 1.04 bits per heavy atom. The summed E-state index contributed by atoms with van der Waals surface area (Å²) in [6.07, 6.45) is 1.85. The molecule has 0 spiro atoms. The molecule has 136 valence electrons. The maximum absolute atomic E-state index is 5.91. The van der Waals surface area contributed by atoms with E-state index in [-0.39, 0.29) is 0 Å². The van der Waals surface area contributed by atoms with Gasteiger partial charge in [0.2, 0.25) is 0 Å². The van der Waals surface area contributed by atoms with Gasteiger partial charge >= 0.3 is 0 Å². The molecule has 5 nitrogen and oxygen atoms in total. The number of hydrogen-bond donors (Lipinski definition) is 2. The Morgan fingerprint density at radius 2 is 1.81 bits per heavy atom. The zero-order valence-electron chi connectivity index (χ0n) is 14.9. The van der Waals surface area contributed by atoms with E-state index < -0.39 is 0 Å². The number of ether oxygens (including phenoxy) is 2. The predicted molar refractivity (Wildman–Crippen MR) is 105 cm³/mol. The fraction of sp³-hybridized carbons (Fsp3) is 0.250. The number of halogens is 1. The van der Waals surface area contributed by atoms with Gasteiger partial charge < -0.3 is 14.8 Å². The van der Waals surface area contributed by atoms with Crippen LogP contribution >= 0.6 is 15.9 Å². The Kier molecular flexibility index (Phi) is 6.30. The molecule has 0 aliphatic rings. The molecule has 2 N–H and O–H groups in total. The number of hydrogen-bond acceptors (Lipinski definition) is 4. The summed E-state index contributed by atoms with van der Waals surface area (Å²) >= 11 is 3.44. The Balaban J connectivity index is 1.58. The largest absolute Gasteiger partial charge is 0.493 e. The summed E-state index contributed by atoms with van der Waals surface area (Å²) in [5.41, 5.74) is 4.51. The maximum atomic E-state index is 5.91. The second-order valence-electron chi connectivity index (χ2n) is 6.02. The van der Waals surface area contributed by atoms with Gasteiger partial charge in [-0.3, -0.25) is 5.10 Å². The molecule has 1 heterocycles. The highest BCUT2D eigenvalue weighted by atomic mass is 79.9. The molecule has 0 aliphatic carbocycles. The highest BCUT2D eigenvalue weighted by Gasteiger charge is 2.07. The fourth-order valence-corrected chi connectivity index (χ4v) is 2.84. The average Bonchev–Trinajstić information content (AvgIpc) is 3.06. The quantitative estimate of drug-likeness (QED) is 0.573. The van der Waals surface area contributed by atoms with E-state index >= 15 is 0 Å².